The van der Waals surface area contributed by atoms with E-state index in [1.54, 1.807) is 42.5 Å². The van der Waals surface area contributed by atoms with Gasteiger partial charge in [-0.15, -0.1) is 0 Å². The van der Waals surface area contributed by atoms with Gasteiger partial charge in [0, 0.05) is 10.5 Å². The number of carbonyl (C=O) groups excluding carboxylic acids is 1. The van der Waals surface area contributed by atoms with Crippen LogP contribution in [0, 0.1) is 0 Å². The van der Waals surface area contributed by atoms with Gasteiger partial charge in [-0.05, 0) is 30.0 Å². The van der Waals surface area contributed by atoms with Gasteiger partial charge in [0.1, 0.15) is 0 Å². The highest BCUT2D eigenvalue weighted by Gasteiger charge is 2.49. The molecule has 1 heterocycles. The third kappa shape index (κ3) is 2.29. The van der Waals surface area contributed by atoms with E-state index in [0.29, 0.717) is 16.7 Å². The number of thioether (sulfide) groups is 1. The van der Waals surface area contributed by atoms with Crippen LogP contribution in [0.5, 0.6) is 0 Å². The van der Waals surface area contributed by atoms with Crippen molar-refractivity contribution in [3.05, 3.63) is 65.7 Å². The van der Waals surface area contributed by atoms with Gasteiger partial charge in [0.05, 0.1) is 5.56 Å². The molecular formula is C15H10F2O2S. The summed E-state index contributed by atoms with van der Waals surface area (Å²) in [4.78, 5) is 12.0. The second-order valence-corrected chi connectivity index (χ2v) is 5.57. The van der Waals surface area contributed by atoms with Crippen molar-refractivity contribution in [3.8, 4) is 0 Å². The molecule has 2 aromatic rings. The van der Waals surface area contributed by atoms with Gasteiger partial charge in [-0.25, -0.2) is 4.79 Å². The zero-order valence-electron chi connectivity index (χ0n) is 10.3. The van der Waals surface area contributed by atoms with Crippen LogP contribution >= 0.6 is 11.8 Å². The van der Waals surface area contributed by atoms with E-state index in [4.69, 9.17) is 4.74 Å². The van der Waals surface area contributed by atoms with Gasteiger partial charge in [0.2, 0.25) is 6.10 Å². The van der Waals surface area contributed by atoms with Gasteiger partial charge in [0.15, 0.2) is 0 Å². The van der Waals surface area contributed by atoms with Crippen molar-refractivity contribution in [2.75, 3.05) is 0 Å². The Labute approximate surface area is 118 Å². The normalized spacial score (nSPS) is 17.7. The first-order chi connectivity index (χ1) is 9.58. The minimum atomic E-state index is -3.22. The molecule has 1 unspecified atom stereocenters. The Kier molecular flexibility index (Phi) is 3.22. The highest BCUT2D eigenvalue weighted by molar-refractivity contribution is 8.00. The molecule has 1 aliphatic rings. The monoisotopic (exact) mass is 292 g/mol. The van der Waals surface area contributed by atoms with E-state index in [1.165, 1.54) is 12.1 Å². The largest absolute Gasteiger partial charge is 0.446 e. The first kappa shape index (κ1) is 13.1. The standard InChI is InChI=1S/C15H10F2O2S/c16-15(17,20-10-6-2-1-3-7-10)13-11-8-4-5-9-12(11)14(18)19-13/h1-9,13H. The van der Waals surface area contributed by atoms with Gasteiger partial charge in [-0.1, -0.05) is 36.4 Å². The second-order valence-electron chi connectivity index (χ2n) is 4.35. The molecule has 2 aromatic carbocycles. The zero-order valence-corrected chi connectivity index (χ0v) is 11.1. The van der Waals surface area contributed by atoms with Crippen LogP contribution in [0.3, 0.4) is 0 Å². The first-order valence-electron chi connectivity index (χ1n) is 6.00. The lowest BCUT2D eigenvalue weighted by atomic mass is 10.1. The molecule has 102 valence electrons. The number of carbonyl (C=O) groups is 1. The highest BCUT2D eigenvalue weighted by Crippen LogP contribution is 2.49. The van der Waals surface area contributed by atoms with Crippen LogP contribution < -0.4 is 0 Å². The van der Waals surface area contributed by atoms with Crippen molar-refractivity contribution in [1.82, 2.24) is 0 Å². The molecule has 20 heavy (non-hydrogen) atoms. The van der Waals surface area contributed by atoms with Crippen molar-refractivity contribution in [1.29, 1.82) is 0 Å². The summed E-state index contributed by atoms with van der Waals surface area (Å²) < 4.78 is 33.6. The van der Waals surface area contributed by atoms with Crippen molar-refractivity contribution >= 4 is 17.7 Å². The van der Waals surface area contributed by atoms with Gasteiger partial charge in [0.25, 0.3) is 0 Å². The third-order valence-corrected chi connectivity index (χ3v) is 3.98. The number of hydrogen-bond acceptors (Lipinski definition) is 3. The smallest absolute Gasteiger partial charge is 0.339 e. The molecule has 0 amide bonds. The number of hydrogen-bond donors (Lipinski definition) is 0. The van der Waals surface area contributed by atoms with Crippen molar-refractivity contribution in [3.63, 3.8) is 0 Å². The van der Waals surface area contributed by atoms with Crippen LogP contribution in [0.1, 0.15) is 22.0 Å². The Morgan fingerprint density at radius 3 is 2.40 bits per heavy atom. The lowest BCUT2D eigenvalue weighted by molar-refractivity contribution is -0.0463. The number of esters is 1. The molecule has 0 saturated carbocycles. The average Bonchev–Trinajstić information content (AvgIpc) is 2.78. The Hall–Kier alpha value is -1.88. The minimum Gasteiger partial charge on any atom is -0.446 e. The summed E-state index contributed by atoms with van der Waals surface area (Å²) in [5.74, 6) is -0.695. The maximum absolute atomic E-state index is 14.4. The third-order valence-electron chi connectivity index (χ3n) is 2.99. The van der Waals surface area contributed by atoms with E-state index in [1.807, 2.05) is 0 Å². The zero-order chi connectivity index (χ0) is 14.2. The highest BCUT2D eigenvalue weighted by atomic mass is 32.2. The Bertz CT molecular complexity index is 643. The average molecular weight is 292 g/mol. The molecule has 0 radical (unpaired) electrons. The minimum absolute atomic E-state index is 0.214. The maximum atomic E-state index is 14.4. The summed E-state index contributed by atoms with van der Waals surface area (Å²) in [5.41, 5.74) is 0.455. The molecule has 3 rings (SSSR count). The van der Waals surface area contributed by atoms with Gasteiger partial charge < -0.3 is 4.74 Å². The summed E-state index contributed by atoms with van der Waals surface area (Å²) in [6, 6.07) is 14.6. The number of fused-ring (bicyclic) bond motifs is 1. The Balaban J connectivity index is 1.91. The quantitative estimate of drug-likeness (QED) is 0.624. The molecule has 0 aliphatic carbocycles. The predicted octanol–water partition coefficient (Wildman–Crippen LogP) is 4.28. The van der Waals surface area contributed by atoms with Crippen molar-refractivity contribution < 1.29 is 18.3 Å². The molecular weight excluding hydrogens is 282 g/mol. The second kappa shape index (κ2) is 4.90. The summed E-state index contributed by atoms with van der Waals surface area (Å²) in [6.45, 7) is 0. The predicted molar refractivity (Wildman–Crippen MR) is 71.8 cm³/mol. The lowest BCUT2D eigenvalue weighted by Gasteiger charge is -2.22. The molecule has 0 N–H and O–H groups in total. The van der Waals surface area contributed by atoms with Crippen LogP contribution in [-0.4, -0.2) is 11.2 Å². The summed E-state index contributed by atoms with van der Waals surface area (Å²) in [5, 5.41) is -3.22. The van der Waals surface area contributed by atoms with Crippen LogP contribution in [0.2, 0.25) is 0 Å². The number of cyclic esters (lactones) is 1. The molecule has 1 aliphatic heterocycles. The van der Waals surface area contributed by atoms with E-state index < -0.39 is 17.3 Å². The molecule has 2 nitrogen and oxygen atoms in total. The number of rotatable bonds is 3. The van der Waals surface area contributed by atoms with E-state index >= 15 is 0 Å². The van der Waals surface area contributed by atoms with E-state index in [0.717, 1.165) is 0 Å². The SMILES string of the molecule is O=C1OC(C(F)(F)Sc2ccccc2)c2ccccc21. The van der Waals surface area contributed by atoms with Crippen LogP contribution in [-0.2, 0) is 4.74 Å². The molecule has 0 aromatic heterocycles. The maximum Gasteiger partial charge on any atom is 0.339 e. The molecule has 0 bridgehead atoms. The first-order valence-corrected chi connectivity index (χ1v) is 6.81. The van der Waals surface area contributed by atoms with Crippen molar-refractivity contribution in [2.45, 2.75) is 16.3 Å². The van der Waals surface area contributed by atoms with E-state index in [-0.39, 0.29) is 11.1 Å². The molecule has 5 heteroatoms. The molecule has 0 spiro atoms. The van der Waals surface area contributed by atoms with Gasteiger partial charge in [-0.3, -0.25) is 0 Å². The van der Waals surface area contributed by atoms with Crippen LogP contribution in [0.4, 0.5) is 8.78 Å². The summed E-state index contributed by atoms with van der Waals surface area (Å²) in [6.07, 6.45) is -1.54. The van der Waals surface area contributed by atoms with Crippen LogP contribution in [0.15, 0.2) is 59.5 Å². The van der Waals surface area contributed by atoms with Crippen LogP contribution in [0.25, 0.3) is 0 Å². The molecule has 0 saturated heterocycles. The summed E-state index contributed by atoms with van der Waals surface area (Å²) >= 11 is 0.398. The fourth-order valence-corrected chi connectivity index (χ4v) is 2.98. The Morgan fingerprint density at radius 1 is 1.00 bits per heavy atom. The van der Waals surface area contributed by atoms with E-state index in [9.17, 15) is 13.6 Å². The number of alkyl halides is 2. The van der Waals surface area contributed by atoms with Gasteiger partial charge in [-0.2, -0.15) is 8.78 Å². The van der Waals surface area contributed by atoms with Gasteiger partial charge >= 0.3 is 11.2 Å². The number of benzene rings is 2. The van der Waals surface area contributed by atoms with Crippen molar-refractivity contribution in [2.24, 2.45) is 0 Å². The topological polar surface area (TPSA) is 26.3 Å². The fraction of sp³-hybridized carbons (Fsp3) is 0.133. The number of halogens is 2. The number of ether oxygens (including phenoxy) is 1. The molecule has 0 fully saturated rings. The lowest BCUT2D eigenvalue weighted by Crippen LogP contribution is -2.22. The summed E-state index contributed by atoms with van der Waals surface area (Å²) in [7, 11) is 0. The fourth-order valence-electron chi connectivity index (χ4n) is 2.09. The Morgan fingerprint density at radius 2 is 1.65 bits per heavy atom. The molecule has 1 atom stereocenters. The van der Waals surface area contributed by atoms with E-state index in [2.05, 4.69) is 0 Å².